The first-order chi connectivity index (χ1) is 6.58. The van der Waals surface area contributed by atoms with Gasteiger partial charge in [-0.2, -0.15) is 0 Å². The van der Waals surface area contributed by atoms with E-state index < -0.39 is 5.60 Å². The lowest BCUT2D eigenvalue weighted by molar-refractivity contribution is 0.0492. The summed E-state index contributed by atoms with van der Waals surface area (Å²) in [5.41, 5.74) is 0.454. The molecule has 1 atom stereocenters. The summed E-state index contributed by atoms with van der Waals surface area (Å²) in [7, 11) is 0. The fourth-order valence-electron chi connectivity index (χ4n) is 1.57. The Morgan fingerprint density at radius 2 is 2.36 bits per heavy atom. The van der Waals surface area contributed by atoms with Crippen LogP contribution in [0.2, 0.25) is 0 Å². The lowest BCUT2D eigenvalue weighted by Crippen LogP contribution is -2.20. The molecule has 0 spiro atoms. The fraction of sp³-hybridized carbons (Fsp3) is 0.500. The minimum atomic E-state index is -0.713. The third-order valence-electron chi connectivity index (χ3n) is 2.34. The highest BCUT2D eigenvalue weighted by molar-refractivity contribution is 7.10. The normalized spacial score (nSPS) is 14.7. The van der Waals surface area contributed by atoms with Crippen LogP contribution >= 0.6 is 11.3 Å². The molecule has 0 fully saturated rings. The standard InChI is InChI=1S/C12H16OS/c1-4-5-6-8-12(3,13)11-10(2)7-9-14-11/h1,7,9,13H,5-6,8H2,2-3H3. The highest BCUT2D eigenvalue weighted by Crippen LogP contribution is 2.32. The van der Waals surface area contributed by atoms with Gasteiger partial charge < -0.3 is 5.11 Å². The second-order valence-corrected chi connectivity index (χ2v) is 4.68. The van der Waals surface area contributed by atoms with Crippen molar-refractivity contribution in [3.8, 4) is 12.3 Å². The van der Waals surface area contributed by atoms with Crippen LogP contribution in [0.5, 0.6) is 0 Å². The molecule has 0 aliphatic heterocycles. The van der Waals surface area contributed by atoms with E-state index in [1.807, 2.05) is 25.3 Å². The average Bonchev–Trinajstić information content (AvgIpc) is 2.52. The van der Waals surface area contributed by atoms with Crippen LogP contribution in [0.15, 0.2) is 11.4 Å². The molecular formula is C12H16OS. The zero-order chi connectivity index (χ0) is 10.6. The van der Waals surface area contributed by atoms with Crippen LogP contribution in [0.25, 0.3) is 0 Å². The van der Waals surface area contributed by atoms with Gasteiger partial charge in [0.2, 0.25) is 0 Å². The Labute approximate surface area is 89.8 Å². The number of unbranched alkanes of at least 4 members (excludes halogenated alkanes) is 1. The van der Waals surface area contributed by atoms with Crippen molar-refractivity contribution in [2.45, 2.75) is 38.7 Å². The second kappa shape index (κ2) is 4.63. The van der Waals surface area contributed by atoms with Crippen LogP contribution in [-0.2, 0) is 5.60 Å². The minimum Gasteiger partial charge on any atom is -0.385 e. The van der Waals surface area contributed by atoms with Crippen molar-refractivity contribution in [2.75, 3.05) is 0 Å². The van der Waals surface area contributed by atoms with E-state index in [2.05, 4.69) is 5.92 Å². The van der Waals surface area contributed by atoms with Gasteiger partial charge in [0, 0.05) is 11.3 Å². The predicted molar refractivity (Wildman–Crippen MR) is 61.3 cm³/mol. The molecule has 2 heteroatoms. The Bertz CT molecular complexity index is 330. The van der Waals surface area contributed by atoms with E-state index >= 15 is 0 Å². The molecule has 1 rings (SSSR count). The van der Waals surface area contributed by atoms with E-state index in [0.29, 0.717) is 0 Å². The molecule has 0 amide bonds. The lowest BCUT2D eigenvalue weighted by Gasteiger charge is -2.22. The lowest BCUT2D eigenvalue weighted by atomic mass is 9.95. The molecule has 0 aliphatic carbocycles. The maximum absolute atomic E-state index is 10.2. The summed E-state index contributed by atoms with van der Waals surface area (Å²) in [5, 5.41) is 12.2. The quantitative estimate of drug-likeness (QED) is 0.595. The smallest absolute Gasteiger partial charge is 0.0962 e. The molecule has 0 radical (unpaired) electrons. The summed E-state index contributed by atoms with van der Waals surface area (Å²) < 4.78 is 0. The minimum absolute atomic E-state index is 0.713. The van der Waals surface area contributed by atoms with Crippen molar-refractivity contribution in [2.24, 2.45) is 0 Å². The van der Waals surface area contributed by atoms with E-state index in [-0.39, 0.29) is 0 Å². The first-order valence-corrected chi connectivity index (χ1v) is 5.66. The van der Waals surface area contributed by atoms with E-state index in [1.165, 1.54) is 5.56 Å². The van der Waals surface area contributed by atoms with Gasteiger partial charge >= 0.3 is 0 Å². The summed E-state index contributed by atoms with van der Waals surface area (Å²) in [6.45, 7) is 3.89. The van der Waals surface area contributed by atoms with Crippen LogP contribution < -0.4 is 0 Å². The van der Waals surface area contributed by atoms with Crippen LogP contribution in [0.4, 0.5) is 0 Å². The summed E-state index contributed by atoms with van der Waals surface area (Å²) in [4.78, 5) is 1.06. The van der Waals surface area contributed by atoms with Gasteiger partial charge in [-0.3, -0.25) is 0 Å². The van der Waals surface area contributed by atoms with Crippen LogP contribution in [0.1, 0.15) is 36.6 Å². The highest BCUT2D eigenvalue weighted by atomic mass is 32.1. The molecule has 1 aromatic rings. The molecular weight excluding hydrogens is 192 g/mol. The first-order valence-electron chi connectivity index (χ1n) is 4.78. The topological polar surface area (TPSA) is 20.2 Å². The summed E-state index contributed by atoms with van der Waals surface area (Å²) in [6.07, 6.45) is 7.52. The van der Waals surface area contributed by atoms with E-state index in [0.717, 1.165) is 24.1 Å². The number of thiophene rings is 1. The number of hydrogen-bond donors (Lipinski definition) is 1. The number of aryl methyl sites for hydroxylation is 1. The molecule has 1 heterocycles. The van der Waals surface area contributed by atoms with Crippen LogP contribution in [0.3, 0.4) is 0 Å². The van der Waals surface area contributed by atoms with Gasteiger partial charge in [0.25, 0.3) is 0 Å². The molecule has 1 aromatic heterocycles. The van der Waals surface area contributed by atoms with Gasteiger partial charge in [-0.15, -0.1) is 23.7 Å². The van der Waals surface area contributed by atoms with Gasteiger partial charge in [-0.25, -0.2) is 0 Å². The van der Waals surface area contributed by atoms with Crippen molar-refractivity contribution in [1.82, 2.24) is 0 Å². The Morgan fingerprint density at radius 3 is 2.86 bits per heavy atom. The molecule has 0 saturated carbocycles. The molecule has 0 saturated heterocycles. The Kier molecular flexibility index (Phi) is 3.74. The number of aliphatic hydroxyl groups is 1. The first kappa shape index (κ1) is 11.3. The molecule has 0 aliphatic rings. The van der Waals surface area contributed by atoms with Crippen molar-refractivity contribution in [3.63, 3.8) is 0 Å². The van der Waals surface area contributed by atoms with Crippen molar-refractivity contribution < 1.29 is 5.11 Å². The molecule has 76 valence electrons. The highest BCUT2D eigenvalue weighted by Gasteiger charge is 2.25. The molecule has 1 nitrogen and oxygen atoms in total. The van der Waals surface area contributed by atoms with Gasteiger partial charge in [0.05, 0.1) is 5.60 Å². The van der Waals surface area contributed by atoms with Crippen molar-refractivity contribution in [1.29, 1.82) is 0 Å². The molecule has 14 heavy (non-hydrogen) atoms. The third kappa shape index (κ3) is 2.60. The second-order valence-electron chi connectivity index (χ2n) is 3.76. The molecule has 1 unspecified atom stereocenters. The number of rotatable bonds is 4. The Morgan fingerprint density at radius 1 is 1.64 bits per heavy atom. The predicted octanol–water partition coefficient (Wildman–Crippen LogP) is 3.07. The Hall–Kier alpha value is -0.780. The monoisotopic (exact) mass is 208 g/mol. The summed E-state index contributed by atoms with van der Waals surface area (Å²) in [6, 6.07) is 2.04. The van der Waals surface area contributed by atoms with Crippen LogP contribution in [0, 0.1) is 19.3 Å². The van der Waals surface area contributed by atoms with Gasteiger partial charge in [-0.1, -0.05) is 0 Å². The maximum Gasteiger partial charge on any atom is 0.0962 e. The fourth-order valence-corrected chi connectivity index (χ4v) is 2.59. The number of hydrogen-bond acceptors (Lipinski definition) is 2. The summed E-state index contributed by atoms with van der Waals surface area (Å²) >= 11 is 1.61. The van der Waals surface area contributed by atoms with Crippen molar-refractivity contribution in [3.05, 3.63) is 21.9 Å². The van der Waals surface area contributed by atoms with Crippen LogP contribution in [-0.4, -0.2) is 5.11 Å². The SMILES string of the molecule is C#CCCCC(C)(O)c1sccc1C. The average molecular weight is 208 g/mol. The summed E-state index contributed by atoms with van der Waals surface area (Å²) in [5.74, 6) is 2.59. The zero-order valence-electron chi connectivity index (χ0n) is 8.71. The largest absolute Gasteiger partial charge is 0.385 e. The van der Waals surface area contributed by atoms with Crippen molar-refractivity contribution >= 4 is 11.3 Å². The molecule has 0 aromatic carbocycles. The zero-order valence-corrected chi connectivity index (χ0v) is 9.53. The van der Waals surface area contributed by atoms with E-state index in [4.69, 9.17) is 6.42 Å². The Balaban J connectivity index is 2.66. The third-order valence-corrected chi connectivity index (χ3v) is 3.61. The maximum atomic E-state index is 10.2. The van der Waals surface area contributed by atoms with E-state index in [9.17, 15) is 5.11 Å². The van der Waals surface area contributed by atoms with Gasteiger partial charge in [-0.05, 0) is 43.7 Å². The molecule has 1 N–H and O–H groups in total. The molecule has 0 bridgehead atoms. The number of terminal acetylenes is 1. The van der Waals surface area contributed by atoms with E-state index in [1.54, 1.807) is 11.3 Å². The van der Waals surface area contributed by atoms with Gasteiger partial charge in [0.15, 0.2) is 0 Å². The van der Waals surface area contributed by atoms with Gasteiger partial charge in [0.1, 0.15) is 0 Å².